The molecular formula is C20H20F4N2O4. The zero-order chi connectivity index (χ0) is 22.3. The molecule has 0 spiro atoms. The van der Waals surface area contributed by atoms with Crippen LogP contribution in [0.15, 0.2) is 42.6 Å². The normalized spacial score (nSPS) is 15.9. The van der Waals surface area contributed by atoms with Crippen molar-refractivity contribution < 1.29 is 37.0 Å². The molecule has 1 fully saturated rings. The Balaban J connectivity index is 0.000000396. The smallest absolute Gasteiger partial charge is 0.475 e. The van der Waals surface area contributed by atoms with Gasteiger partial charge in [-0.25, -0.2) is 19.0 Å². The standard InChI is InChI=1S/C18H19FN2O2.C2HF3O2/c1-2-23-18(22)13-7-8-17(20-11-13)21-10-9-14(12-21)15-5-3-4-6-16(15)19;3-2(4,5)1(6)7/h3-8,11,14H,2,9-10,12H2,1H3;(H,6,7). The fraction of sp³-hybridized carbons (Fsp3) is 0.350. The summed E-state index contributed by atoms with van der Waals surface area (Å²) >= 11 is 0. The predicted octanol–water partition coefficient (Wildman–Crippen LogP) is 4.02. The van der Waals surface area contributed by atoms with Crippen LogP contribution in [-0.2, 0) is 9.53 Å². The molecule has 1 unspecified atom stereocenters. The highest BCUT2D eigenvalue weighted by Crippen LogP contribution is 2.31. The Labute approximate surface area is 170 Å². The SMILES string of the molecule is CCOC(=O)c1ccc(N2CCC(c3ccccc3F)C2)nc1.O=C(O)C(F)(F)F. The Hall–Kier alpha value is -3.17. The lowest BCUT2D eigenvalue weighted by molar-refractivity contribution is -0.192. The Morgan fingerprint density at radius 3 is 2.43 bits per heavy atom. The monoisotopic (exact) mass is 428 g/mol. The number of aliphatic carboxylic acids is 1. The maximum absolute atomic E-state index is 13.9. The van der Waals surface area contributed by atoms with Crippen LogP contribution in [0.2, 0.25) is 0 Å². The average molecular weight is 428 g/mol. The van der Waals surface area contributed by atoms with Crippen molar-refractivity contribution >= 4 is 17.8 Å². The van der Waals surface area contributed by atoms with E-state index in [-0.39, 0.29) is 17.7 Å². The van der Waals surface area contributed by atoms with E-state index in [2.05, 4.69) is 9.88 Å². The molecule has 6 nitrogen and oxygen atoms in total. The minimum atomic E-state index is -5.08. The summed E-state index contributed by atoms with van der Waals surface area (Å²) in [6.45, 7) is 3.67. The van der Waals surface area contributed by atoms with Crippen molar-refractivity contribution in [3.05, 3.63) is 59.5 Å². The Kier molecular flexibility index (Phi) is 7.73. The lowest BCUT2D eigenvalue weighted by Gasteiger charge is -2.18. The number of carbonyl (C=O) groups is 2. The van der Waals surface area contributed by atoms with E-state index < -0.39 is 12.1 Å². The number of esters is 1. The van der Waals surface area contributed by atoms with Gasteiger partial charge in [-0.1, -0.05) is 18.2 Å². The number of hydrogen-bond donors (Lipinski definition) is 1. The van der Waals surface area contributed by atoms with Gasteiger partial charge in [0.25, 0.3) is 0 Å². The average Bonchev–Trinajstić information content (AvgIpc) is 3.18. The number of aromatic nitrogens is 1. The van der Waals surface area contributed by atoms with E-state index in [0.29, 0.717) is 12.2 Å². The molecule has 1 aliphatic rings. The molecule has 1 aliphatic heterocycles. The van der Waals surface area contributed by atoms with Crippen molar-refractivity contribution in [2.75, 3.05) is 24.6 Å². The van der Waals surface area contributed by atoms with E-state index in [4.69, 9.17) is 14.6 Å². The Bertz CT molecular complexity index is 872. The van der Waals surface area contributed by atoms with Gasteiger partial charge in [0.15, 0.2) is 0 Å². The van der Waals surface area contributed by atoms with Gasteiger partial charge in [-0.05, 0) is 37.1 Å². The van der Waals surface area contributed by atoms with Gasteiger partial charge in [0.2, 0.25) is 0 Å². The molecule has 0 radical (unpaired) electrons. The number of carboxylic acids is 1. The number of nitrogens with zero attached hydrogens (tertiary/aromatic N) is 2. The molecule has 1 saturated heterocycles. The number of carbonyl (C=O) groups excluding carboxylic acids is 1. The molecule has 0 saturated carbocycles. The topological polar surface area (TPSA) is 79.7 Å². The van der Waals surface area contributed by atoms with Crippen LogP contribution >= 0.6 is 0 Å². The van der Waals surface area contributed by atoms with E-state index in [1.54, 1.807) is 19.1 Å². The second-order valence-electron chi connectivity index (χ2n) is 6.38. The molecule has 1 N–H and O–H groups in total. The first-order chi connectivity index (χ1) is 14.1. The summed E-state index contributed by atoms with van der Waals surface area (Å²) in [5.74, 6) is -2.30. The number of rotatable bonds is 4. The van der Waals surface area contributed by atoms with Crippen LogP contribution in [0, 0.1) is 5.82 Å². The molecule has 2 heterocycles. The first kappa shape index (κ1) is 23.1. The Morgan fingerprint density at radius 2 is 1.90 bits per heavy atom. The summed E-state index contributed by atoms with van der Waals surface area (Å²) in [4.78, 5) is 27.0. The first-order valence-corrected chi connectivity index (χ1v) is 9.06. The molecule has 2 aromatic rings. The summed E-state index contributed by atoms with van der Waals surface area (Å²) < 4.78 is 50.6. The summed E-state index contributed by atoms with van der Waals surface area (Å²) in [5.41, 5.74) is 1.21. The minimum Gasteiger partial charge on any atom is -0.475 e. The van der Waals surface area contributed by atoms with Crippen molar-refractivity contribution in [1.29, 1.82) is 0 Å². The number of pyridine rings is 1. The van der Waals surface area contributed by atoms with Crippen LogP contribution in [0.3, 0.4) is 0 Å². The lowest BCUT2D eigenvalue weighted by atomic mass is 9.98. The highest BCUT2D eigenvalue weighted by Gasteiger charge is 2.38. The number of alkyl halides is 3. The van der Waals surface area contributed by atoms with Crippen molar-refractivity contribution in [3.8, 4) is 0 Å². The van der Waals surface area contributed by atoms with Crippen LogP contribution in [0.25, 0.3) is 0 Å². The third-order valence-corrected chi connectivity index (χ3v) is 4.36. The number of benzene rings is 1. The lowest BCUT2D eigenvalue weighted by Crippen LogP contribution is -2.21. The fourth-order valence-corrected chi connectivity index (χ4v) is 2.94. The molecule has 3 rings (SSSR count). The first-order valence-electron chi connectivity index (χ1n) is 9.06. The predicted molar refractivity (Wildman–Crippen MR) is 99.9 cm³/mol. The highest BCUT2D eigenvalue weighted by molar-refractivity contribution is 5.89. The largest absolute Gasteiger partial charge is 0.490 e. The zero-order valence-corrected chi connectivity index (χ0v) is 16.0. The third-order valence-electron chi connectivity index (χ3n) is 4.36. The van der Waals surface area contributed by atoms with Gasteiger partial charge in [-0.2, -0.15) is 13.2 Å². The summed E-state index contributed by atoms with van der Waals surface area (Å²) in [6, 6.07) is 10.5. The van der Waals surface area contributed by atoms with Crippen LogP contribution in [0.5, 0.6) is 0 Å². The summed E-state index contributed by atoms with van der Waals surface area (Å²) in [5, 5.41) is 7.12. The van der Waals surface area contributed by atoms with Gasteiger partial charge in [0.05, 0.1) is 12.2 Å². The molecule has 0 amide bonds. The Morgan fingerprint density at radius 1 is 1.23 bits per heavy atom. The summed E-state index contributed by atoms with van der Waals surface area (Å²) in [6.07, 6.45) is -2.66. The molecular weight excluding hydrogens is 408 g/mol. The number of halogens is 4. The van der Waals surface area contributed by atoms with Crippen molar-refractivity contribution in [1.82, 2.24) is 4.98 Å². The van der Waals surface area contributed by atoms with Gasteiger partial charge in [0, 0.05) is 25.2 Å². The van der Waals surface area contributed by atoms with Gasteiger partial charge in [-0.3, -0.25) is 0 Å². The van der Waals surface area contributed by atoms with Gasteiger partial charge in [0.1, 0.15) is 11.6 Å². The maximum atomic E-state index is 13.9. The van der Waals surface area contributed by atoms with Gasteiger partial charge < -0.3 is 14.7 Å². The molecule has 1 atom stereocenters. The van der Waals surface area contributed by atoms with E-state index >= 15 is 0 Å². The van der Waals surface area contributed by atoms with Crippen molar-refractivity contribution in [2.45, 2.75) is 25.4 Å². The number of carboxylic acid groups (broad SMARTS) is 1. The molecule has 162 valence electrons. The van der Waals surface area contributed by atoms with Gasteiger partial charge in [-0.15, -0.1) is 0 Å². The number of anilines is 1. The van der Waals surface area contributed by atoms with E-state index in [9.17, 15) is 22.4 Å². The van der Waals surface area contributed by atoms with E-state index in [1.807, 2.05) is 18.2 Å². The number of ether oxygens (including phenoxy) is 1. The summed E-state index contributed by atoms with van der Waals surface area (Å²) in [7, 11) is 0. The second-order valence-corrected chi connectivity index (χ2v) is 6.38. The van der Waals surface area contributed by atoms with E-state index in [0.717, 1.165) is 30.9 Å². The van der Waals surface area contributed by atoms with Crippen LogP contribution in [0.4, 0.5) is 23.4 Å². The minimum absolute atomic E-state index is 0.148. The number of hydrogen-bond acceptors (Lipinski definition) is 5. The van der Waals surface area contributed by atoms with E-state index in [1.165, 1.54) is 12.3 Å². The third kappa shape index (κ3) is 6.16. The van der Waals surface area contributed by atoms with Crippen molar-refractivity contribution in [3.63, 3.8) is 0 Å². The molecule has 0 bridgehead atoms. The maximum Gasteiger partial charge on any atom is 0.490 e. The van der Waals surface area contributed by atoms with Crippen LogP contribution in [0.1, 0.15) is 35.2 Å². The molecule has 0 aliphatic carbocycles. The highest BCUT2D eigenvalue weighted by atomic mass is 19.4. The molecule has 1 aromatic carbocycles. The fourth-order valence-electron chi connectivity index (χ4n) is 2.94. The second kappa shape index (κ2) is 10.0. The van der Waals surface area contributed by atoms with Crippen LogP contribution < -0.4 is 4.90 Å². The zero-order valence-electron chi connectivity index (χ0n) is 16.0. The van der Waals surface area contributed by atoms with Gasteiger partial charge >= 0.3 is 18.1 Å². The molecule has 10 heteroatoms. The quantitative estimate of drug-likeness (QED) is 0.585. The molecule has 1 aromatic heterocycles. The molecule has 30 heavy (non-hydrogen) atoms. The van der Waals surface area contributed by atoms with Crippen molar-refractivity contribution in [2.24, 2.45) is 0 Å². The van der Waals surface area contributed by atoms with Crippen LogP contribution in [-0.4, -0.2) is 47.9 Å².